The molecule has 0 spiro atoms. The van der Waals surface area contributed by atoms with E-state index in [2.05, 4.69) is 11.3 Å². The summed E-state index contributed by atoms with van der Waals surface area (Å²) in [6.45, 7) is 0.710. The van der Waals surface area contributed by atoms with Crippen molar-refractivity contribution >= 4 is 5.78 Å². The van der Waals surface area contributed by atoms with Crippen LogP contribution < -0.4 is 4.74 Å². The zero-order valence-corrected chi connectivity index (χ0v) is 10.8. The minimum Gasteiger partial charge on any atom is -0.434 e. The fourth-order valence-electron chi connectivity index (χ4n) is 1.78. The number of allylic oxidation sites excluding steroid dienone is 1. The lowest BCUT2D eigenvalue weighted by atomic mass is 10.0. The molecule has 0 aromatic heterocycles. The fourth-order valence-corrected chi connectivity index (χ4v) is 1.78. The van der Waals surface area contributed by atoms with Gasteiger partial charge in [0.25, 0.3) is 0 Å². The quantitative estimate of drug-likeness (QED) is 0.371. The predicted octanol–water partition coefficient (Wildman–Crippen LogP) is 4.61. The lowest BCUT2D eigenvalue weighted by molar-refractivity contribution is -0.0501. The summed E-state index contributed by atoms with van der Waals surface area (Å²) in [6, 6.07) is 6.11. The standard InChI is InChI=1S/C15H18F2O2/c1-2-3-4-5-6-10-13(18)12-9-7-8-11-14(12)19-15(16)17/h2,7-9,11,15H,1,3-6,10H2. The number of hydrogen-bond acceptors (Lipinski definition) is 2. The summed E-state index contributed by atoms with van der Waals surface area (Å²) >= 11 is 0. The zero-order valence-electron chi connectivity index (χ0n) is 10.8. The van der Waals surface area contributed by atoms with E-state index in [9.17, 15) is 13.6 Å². The number of ether oxygens (including phenoxy) is 1. The molecule has 0 heterocycles. The van der Waals surface area contributed by atoms with E-state index in [0.717, 1.165) is 25.7 Å². The number of carbonyl (C=O) groups excluding carboxylic acids is 1. The Kier molecular flexibility index (Phi) is 6.79. The van der Waals surface area contributed by atoms with Crippen LogP contribution >= 0.6 is 0 Å². The number of hydrogen-bond donors (Lipinski definition) is 0. The molecule has 0 aliphatic carbocycles. The van der Waals surface area contributed by atoms with Crippen LogP contribution in [0, 0.1) is 0 Å². The highest BCUT2D eigenvalue weighted by Crippen LogP contribution is 2.22. The van der Waals surface area contributed by atoms with Crippen molar-refractivity contribution in [2.45, 2.75) is 38.7 Å². The smallest absolute Gasteiger partial charge is 0.387 e. The zero-order chi connectivity index (χ0) is 14.1. The number of Topliss-reactive ketones (excluding diaryl/α,β-unsaturated/α-hetero) is 1. The summed E-state index contributed by atoms with van der Waals surface area (Å²) in [4.78, 5) is 11.9. The number of carbonyl (C=O) groups is 1. The molecule has 0 aliphatic heterocycles. The normalized spacial score (nSPS) is 10.5. The van der Waals surface area contributed by atoms with E-state index >= 15 is 0 Å². The maximum Gasteiger partial charge on any atom is 0.387 e. The highest BCUT2D eigenvalue weighted by molar-refractivity contribution is 5.98. The molecule has 0 unspecified atom stereocenters. The number of benzene rings is 1. The van der Waals surface area contributed by atoms with Gasteiger partial charge in [0.2, 0.25) is 0 Å². The first-order valence-corrected chi connectivity index (χ1v) is 6.33. The van der Waals surface area contributed by atoms with Gasteiger partial charge in [-0.25, -0.2) is 0 Å². The van der Waals surface area contributed by atoms with Crippen molar-refractivity contribution in [2.75, 3.05) is 0 Å². The SMILES string of the molecule is C=CCCCCCC(=O)c1ccccc1OC(F)F. The number of para-hydroxylation sites is 1. The molecule has 0 N–H and O–H groups in total. The minimum absolute atomic E-state index is 0.0476. The summed E-state index contributed by atoms with van der Waals surface area (Å²) in [5.74, 6) is -0.205. The van der Waals surface area contributed by atoms with E-state index in [1.54, 1.807) is 12.1 Å². The molecule has 19 heavy (non-hydrogen) atoms. The monoisotopic (exact) mass is 268 g/mol. The molecule has 1 aromatic carbocycles. The van der Waals surface area contributed by atoms with Crippen molar-refractivity contribution in [1.82, 2.24) is 0 Å². The highest BCUT2D eigenvalue weighted by atomic mass is 19.3. The van der Waals surface area contributed by atoms with Crippen molar-refractivity contribution in [3.8, 4) is 5.75 Å². The lowest BCUT2D eigenvalue weighted by Gasteiger charge is -2.09. The fraction of sp³-hybridized carbons (Fsp3) is 0.400. The van der Waals surface area contributed by atoms with Crippen LogP contribution in [0.2, 0.25) is 0 Å². The topological polar surface area (TPSA) is 26.3 Å². The molecule has 4 heteroatoms. The van der Waals surface area contributed by atoms with Gasteiger partial charge in [-0.15, -0.1) is 6.58 Å². The third kappa shape index (κ3) is 5.64. The van der Waals surface area contributed by atoms with Crippen molar-refractivity contribution in [2.24, 2.45) is 0 Å². The molecule has 0 radical (unpaired) electrons. The lowest BCUT2D eigenvalue weighted by Crippen LogP contribution is -2.08. The van der Waals surface area contributed by atoms with E-state index in [0.29, 0.717) is 6.42 Å². The number of rotatable bonds is 9. The van der Waals surface area contributed by atoms with Crippen LogP contribution in [0.5, 0.6) is 5.75 Å². The Labute approximate surface area is 112 Å². The van der Waals surface area contributed by atoms with E-state index in [-0.39, 0.29) is 17.1 Å². The average Bonchev–Trinajstić information content (AvgIpc) is 2.38. The van der Waals surface area contributed by atoms with Crippen molar-refractivity contribution < 1.29 is 18.3 Å². The van der Waals surface area contributed by atoms with Crippen LogP contribution in [-0.2, 0) is 0 Å². The molecule has 0 saturated heterocycles. The Hall–Kier alpha value is -1.71. The Balaban J connectivity index is 2.53. The maximum absolute atomic E-state index is 12.2. The van der Waals surface area contributed by atoms with Crippen molar-refractivity contribution in [3.05, 3.63) is 42.5 Å². The summed E-state index contributed by atoms with van der Waals surface area (Å²) in [5, 5.41) is 0. The van der Waals surface area contributed by atoms with Crippen LogP contribution in [0.15, 0.2) is 36.9 Å². The van der Waals surface area contributed by atoms with Gasteiger partial charge in [-0.2, -0.15) is 8.78 Å². The molecule has 104 valence electrons. The maximum atomic E-state index is 12.2. The second-order valence-electron chi connectivity index (χ2n) is 4.19. The van der Waals surface area contributed by atoms with Gasteiger partial charge in [0.15, 0.2) is 5.78 Å². The molecule has 0 bridgehead atoms. The molecular weight excluding hydrogens is 250 g/mol. The predicted molar refractivity (Wildman–Crippen MR) is 70.7 cm³/mol. The Morgan fingerprint density at radius 2 is 2.00 bits per heavy atom. The first kappa shape index (κ1) is 15.3. The van der Waals surface area contributed by atoms with Crippen LogP contribution in [0.25, 0.3) is 0 Å². The van der Waals surface area contributed by atoms with Gasteiger partial charge in [0.05, 0.1) is 5.56 Å². The minimum atomic E-state index is -2.92. The summed E-state index contributed by atoms with van der Waals surface area (Å²) in [7, 11) is 0. The van der Waals surface area contributed by atoms with E-state index in [1.807, 2.05) is 6.08 Å². The second kappa shape index (κ2) is 8.40. The van der Waals surface area contributed by atoms with Gasteiger partial charge in [0, 0.05) is 6.42 Å². The van der Waals surface area contributed by atoms with Gasteiger partial charge >= 0.3 is 6.61 Å². The molecule has 0 amide bonds. The average molecular weight is 268 g/mol. The highest BCUT2D eigenvalue weighted by Gasteiger charge is 2.14. The first-order valence-electron chi connectivity index (χ1n) is 6.33. The van der Waals surface area contributed by atoms with Gasteiger partial charge in [-0.3, -0.25) is 4.79 Å². The number of alkyl halides is 2. The summed E-state index contributed by atoms with van der Waals surface area (Å²) in [5.41, 5.74) is 0.228. The summed E-state index contributed by atoms with van der Waals surface area (Å²) < 4.78 is 28.8. The second-order valence-corrected chi connectivity index (χ2v) is 4.19. The van der Waals surface area contributed by atoms with Crippen molar-refractivity contribution in [3.63, 3.8) is 0 Å². The Bertz CT molecular complexity index is 416. The van der Waals surface area contributed by atoms with Gasteiger partial charge in [-0.1, -0.05) is 24.6 Å². The molecule has 1 rings (SSSR count). The number of unbranched alkanes of at least 4 members (excludes halogenated alkanes) is 3. The first-order chi connectivity index (χ1) is 9.15. The largest absolute Gasteiger partial charge is 0.434 e. The number of halogens is 2. The summed E-state index contributed by atoms with van der Waals surface area (Å²) in [6.07, 6.45) is 5.78. The van der Waals surface area contributed by atoms with Gasteiger partial charge in [-0.05, 0) is 31.4 Å². The molecule has 0 saturated carbocycles. The third-order valence-corrected chi connectivity index (χ3v) is 2.72. The molecular formula is C15H18F2O2. The Morgan fingerprint density at radius 3 is 2.68 bits per heavy atom. The van der Waals surface area contributed by atoms with Crippen molar-refractivity contribution in [1.29, 1.82) is 0 Å². The van der Waals surface area contributed by atoms with Gasteiger partial charge in [0.1, 0.15) is 5.75 Å². The Morgan fingerprint density at radius 1 is 1.26 bits per heavy atom. The van der Waals surface area contributed by atoms with Crippen LogP contribution in [0.1, 0.15) is 42.5 Å². The van der Waals surface area contributed by atoms with E-state index in [1.165, 1.54) is 12.1 Å². The molecule has 0 aliphatic rings. The molecule has 1 aromatic rings. The van der Waals surface area contributed by atoms with E-state index < -0.39 is 6.61 Å². The van der Waals surface area contributed by atoms with Gasteiger partial charge < -0.3 is 4.74 Å². The van der Waals surface area contributed by atoms with Crippen LogP contribution in [0.4, 0.5) is 8.78 Å². The number of ketones is 1. The van der Waals surface area contributed by atoms with Crippen LogP contribution in [-0.4, -0.2) is 12.4 Å². The molecule has 2 nitrogen and oxygen atoms in total. The molecule has 0 fully saturated rings. The van der Waals surface area contributed by atoms with E-state index in [4.69, 9.17) is 0 Å². The third-order valence-electron chi connectivity index (χ3n) is 2.72. The molecule has 0 atom stereocenters. The van der Waals surface area contributed by atoms with Crippen LogP contribution in [0.3, 0.4) is 0 Å².